The van der Waals surface area contributed by atoms with Gasteiger partial charge in [0.15, 0.2) is 0 Å². The average Bonchev–Trinajstić information content (AvgIpc) is 2.54. The highest BCUT2D eigenvalue weighted by molar-refractivity contribution is 5.96. The van der Waals surface area contributed by atoms with Crippen LogP contribution in [0.4, 0.5) is 0 Å². The van der Waals surface area contributed by atoms with Gasteiger partial charge in [-0.05, 0) is 66.3 Å². The van der Waals surface area contributed by atoms with E-state index in [1.54, 1.807) is 7.05 Å². The Morgan fingerprint density at radius 3 is 2.59 bits per heavy atom. The zero-order valence-corrected chi connectivity index (χ0v) is 13.4. The fraction of sp³-hybridized carbons (Fsp3) is 0.316. The van der Waals surface area contributed by atoms with Crippen LogP contribution in [-0.4, -0.2) is 19.5 Å². The van der Waals surface area contributed by atoms with E-state index < -0.39 is 0 Å². The first-order valence-electron chi connectivity index (χ1n) is 7.76. The number of fused-ring (bicyclic) bond motifs is 1. The van der Waals surface area contributed by atoms with Gasteiger partial charge in [0.2, 0.25) is 0 Å². The second-order valence-electron chi connectivity index (χ2n) is 5.97. The first-order valence-corrected chi connectivity index (χ1v) is 7.76. The Morgan fingerprint density at radius 2 is 1.86 bits per heavy atom. The van der Waals surface area contributed by atoms with E-state index in [0.29, 0.717) is 0 Å². The van der Waals surface area contributed by atoms with Crippen molar-refractivity contribution in [3.05, 3.63) is 58.1 Å². The van der Waals surface area contributed by atoms with Gasteiger partial charge in [-0.15, -0.1) is 0 Å². The van der Waals surface area contributed by atoms with Gasteiger partial charge in [-0.2, -0.15) is 0 Å². The number of nitrogens with one attached hydrogen (secondary N) is 2. The molecule has 1 aliphatic heterocycles. The Bertz CT molecular complexity index is 734. The summed E-state index contributed by atoms with van der Waals surface area (Å²) >= 11 is 0. The lowest BCUT2D eigenvalue weighted by molar-refractivity contribution is 0.0962. The highest BCUT2D eigenvalue weighted by Gasteiger charge is 2.14. The van der Waals surface area contributed by atoms with Crippen LogP contribution in [0.1, 0.15) is 32.6 Å². The Morgan fingerprint density at radius 1 is 1.09 bits per heavy atom. The third-order valence-electron chi connectivity index (χ3n) is 4.47. The number of aryl methyl sites for hydroxylation is 2. The standard InChI is InChI=1S/C19H22N2O/c1-12-8-14(4-5-17(12)19(22)20-3)16-9-13(2)18-11-21-7-6-15(18)10-16/h4-5,8-10,21H,6-7,11H2,1-3H3,(H,20,22). The van der Waals surface area contributed by atoms with E-state index in [0.717, 1.165) is 30.6 Å². The summed E-state index contributed by atoms with van der Waals surface area (Å²) in [7, 11) is 1.66. The molecule has 0 atom stereocenters. The van der Waals surface area contributed by atoms with Gasteiger partial charge in [-0.3, -0.25) is 4.79 Å². The summed E-state index contributed by atoms with van der Waals surface area (Å²) in [5, 5.41) is 6.12. The van der Waals surface area contributed by atoms with Gasteiger partial charge in [-0.1, -0.05) is 24.3 Å². The van der Waals surface area contributed by atoms with E-state index in [1.165, 1.54) is 27.8 Å². The van der Waals surface area contributed by atoms with Gasteiger partial charge in [0.05, 0.1) is 0 Å². The van der Waals surface area contributed by atoms with Crippen molar-refractivity contribution in [2.75, 3.05) is 13.6 Å². The monoisotopic (exact) mass is 294 g/mol. The second-order valence-corrected chi connectivity index (χ2v) is 5.97. The molecule has 0 bridgehead atoms. The van der Waals surface area contributed by atoms with Crippen molar-refractivity contribution in [3.8, 4) is 11.1 Å². The van der Waals surface area contributed by atoms with Crippen molar-refractivity contribution in [1.29, 1.82) is 0 Å². The van der Waals surface area contributed by atoms with E-state index in [4.69, 9.17) is 0 Å². The lowest BCUT2D eigenvalue weighted by Crippen LogP contribution is -2.24. The van der Waals surface area contributed by atoms with E-state index in [2.05, 4.69) is 35.8 Å². The van der Waals surface area contributed by atoms with Gasteiger partial charge in [0.25, 0.3) is 5.91 Å². The minimum atomic E-state index is -0.0308. The molecule has 1 heterocycles. The number of hydrogen-bond donors (Lipinski definition) is 2. The van der Waals surface area contributed by atoms with Crippen LogP contribution in [0.2, 0.25) is 0 Å². The quantitative estimate of drug-likeness (QED) is 0.894. The molecular weight excluding hydrogens is 272 g/mol. The number of benzene rings is 2. The first-order chi connectivity index (χ1) is 10.6. The molecule has 22 heavy (non-hydrogen) atoms. The molecule has 3 rings (SSSR count). The molecule has 2 aromatic rings. The smallest absolute Gasteiger partial charge is 0.251 e. The maximum absolute atomic E-state index is 11.8. The maximum atomic E-state index is 11.8. The molecule has 0 unspecified atom stereocenters. The number of amides is 1. The molecule has 2 aromatic carbocycles. The molecular formula is C19H22N2O. The third kappa shape index (κ3) is 2.64. The summed E-state index contributed by atoms with van der Waals surface area (Å²) in [6.07, 6.45) is 1.08. The first kappa shape index (κ1) is 14.8. The lowest BCUT2D eigenvalue weighted by Gasteiger charge is -2.21. The molecule has 0 radical (unpaired) electrons. The summed E-state index contributed by atoms with van der Waals surface area (Å²) in [6, 6.07) is 10.6. The SMILES string of the molecule is CNC(=O)c1ccc(-c2cc(C)c3c(c2)CCNC3)cc1C. The number of rotatable bonds is 2. The van der Waals surface area contributed by atoms with Gasteiger partial charge in [0.1, 0.15) is 0 Å². The highest BCUT2D eigenvalue weighted by atomic mass is 16.1. The molecule has 0 spiro atoms. The number of carbonyl (C=O) groups is 1. The Labute approximate surface area is 131 Å². The molecule has 3 heteroatoms. The van der Waals surface area contributed by atoms with Crippen LogP contribution in [0, 0.1) is 13.8 Å². The molecule has 114 valence electrons. The summed E-state index contributed by atoms with van der Waals surface area (Å²) in [6.45, 7) is 6.19. The van der Waals surface area contributed by atoms with Gasteiger partial charge >= 0.3 is 0 Å². The van der Waals surface area contributed by atoms with E-state index in [9.17, 15) is 4.79 Å². The van der Waals surface area contributed by atoms with Crippen LogP contribution in [0.3, 0.4) is 0 Å². The number of hydrogen-bond acceptors (Lipinski definition) is 2. The zero-order valence-electron chi connectivity index (χ0n) is 13.4. The normalized spacial score (nSPS) is 13.6. The molecule has 1 aliphatic rings. The van der Waals surface area contributed by atoms with Crippen LogP contribution in [-0.2, 0) is 13.0 Å². The molecule has 1 amide bonds. The van der Waals surface area contributed by atoms with Crippen molar-refractivity contribution in [3.63, 3.8) is 0 Å². The van der Waals surface area contributed by atoms with Crippen molar-refractivity contribution in [2.45, 2.75) is 26.8 Å². The zero-order chi connectivity index (χ0) is 15.7. The largest absolute Gasteiger partial charge is 0.355 e. The van der Waals surface area contributed by atoms with Gasteiger partial charge in [0, 0.05) is 19.2 Å². The molecule has 0 saturated heterocycles. The Hall–Kier alpha value is -2.13. The molecule has 0 aliphatic carbocycles. The van der Waals surface area contributed by atoms with Crippen molar-refractivity contribution >= 4 is 5.91 Å². The fourth-order valence-corrected chi connectivity index (χ4v) is 3.20. The summed E-state index contributed by atoms with van der Waals surface area (Å²) in [5.41, 5.74) is 8.39. The van der Waals surface area contributed by atoms with E-state index >= 15 is 0 Å². The predicted octanol–water partition coefficient (Wildman–Crippen LogP) is 2.98. The van der Waals surface area contributed by atoms with Crippen molar-refractivity contribution < 1.29 is 4.79 Å². The van der Waals surface area contributed by atoms with Crippen LogP contribution < -0.4 is 10.6 Å². The summed E-state index contributed by atoms with van der Waals surface area (Å²) in [4.78, 5) is 11.8. The minimum Gasteiger partial charge on any atom is -0.355 e. The fourth-order valence-electron chi connectivity index (χ4n) is 3.20. The maximum Gasteiger partial charge on any atom is 0.251 e. The minimum absolute atomic E-state index is 0.0308. The molecule has 0 saturated carbocycles. The van der Waals surface area contributed by atoms with E-state index in [1.807, 2.05) is 19.1 Å². The average molecular weight is 294 g/mol. The van der Waals surface area contributed by atoms with Gasteiger partial charge < -0.3 is 10.6 Å². The Kier molecular flexibility index (Phi) is 3.99. The summed E-state index contributed by atoms with van der Waals surface area (Å²) < 4.78 is 0. The lowest BCUT2D eigenvalue weighted by atomic mass is 9.90. The van der Waals surface area contributed by atoms with Crippen LogP contribution in [0.15, 0.2) is 30.3 Å². The van der Waals surface area contributed by atoms with Crippen LogP contribution in [0.5, 0.6) is 0 Å². The van der Waals surface area contributed by atoms with E-state index in [-0.39, 0.29) is 5.91 Å². The Balaban J connectivity index is 2.03. The van der Waals surface area contributed by atoms with Gasteiger partial charge in [-0.25, -0.2) is 0 Å². The highest BCUT2D eigenvalue weighted by Crippen LogP contribution is 2.28. The summed E-state index contributed by atoms with van der Waals surface area (Å²) in [5.74, 6) is -0.0308. The van der Waals surface area contributed by atoms with Crippen LogP contribution in [0.25, 0.3) is 11.1 Å². The third-order valence-corrected chi connectivity index (χ3v) is 4.47. The molecule has 3 nitrogen and oxygen atoms in total. The van der Waals surface area contributed by atoms with Crippen molar-refractivity contribution in [1.82, 2.24) is 10.6 Å². The predicted molar refractivity (Wildman–Crippen MR) is 90.2 cm³/mol. The molecule has 0 aromatic heterocycles. The van der Waals surface area contributed by atoms with Crippen LogP contribution >= 0.6 is 0 Å². The molecule has 0 fully saturated rings. The number of carbonyl (C=O) groups excluding carboxylic acids is 1. The second kappa shape index (κ2) is 5.93. The topological polar surface area (TPSA) is 41.1 Å². The van der Waals surface area contributed by atoms with Crippen molar-refractivity contribution in [2.24, 2.45) is 0 Å². The molecule has 2 N–H and O–H groups in total.